The topological polar surface area (TPSA) is 41.3 Å². The van der Waals surface area contributed by atoms with Crippen molar-refractivity contribution in [2.45, 2.75) is 51.0 Å². The Bertz CT molecular complexity index is 462. The monoisotopic (exact) mass is 291 g/mol. The Morgan fingerprint density at radius 1 is 1.33 bits per heavy atom. The minimum atomic E-state index is -0.421. The summed E-state index contributed by atoms with van der Waals surface area (Å²) in [7, 11) is 1.98. The second-order valence-electron chi connectivity index (χ2n) is 7.52. The van der Waals surface area contributed by atoms with Gasteiger partial charge in [-0.2, -0.15) is 5.10 Å². The Morgan fingerprint density at radius 3 is 2.76 bits per heavy atom. The molecule has 0 bridgehead atoms. The second-order valence-corrected chi connectivity index (χ2v) is 7.52. The van der Waals surface area contributed by atoms with Gasteiger partial charge in [-0.1, -0.05) is 6.92 Å². The average Bonchev–Trinajstić information content (AvgIpc) is 3.03. The number of aryl methyl sites for hydroxylation is 1. The molecule has 1 aromatic rings. The molecule has 1 saturated heterocycles. The van der Waals surface area contributed by atoms with Crippen LogP contribution in [0.1, 0.15) is 44.6 Å². The van der Waals surface area contributed by atoms with Gasteiger partial charge in [0.05, 0.1) is 11.8 Å². The Kier molecular flexibility index (Phi) is 4.36. The van der Waals surface area contributed by atoms with E-state index >= 15 is 0 Å². The van der Waals surface area contributed by atoms with Crippen LogP contribution in [0.5, 0.6) is 0 Å². The molecule has 118 valence electrons. The fourth-order valence-electron chi connectivity index (χ4n) is 4.01. The highest BCUT2D eigenvalue weighted by molar-refractivity contribution is 5.05. The molecule has 1 atom stereocenters. The normalized spacial score (nSPS) is 34.4. The molecule has 1 N–H and O–H groups in total. The molecule has 1 saturated carbocycles. The Labute approximate surface area is 128 Å². The van der Waals surface area contributed by atoms with Crippen LogP contribution in [0.2, 0.25) is 0 Å². The van der Waals surface area contributed by atoms with Crippen molar-refractivity contribution in [2.24, 2.45) is 18.9 Å². The van der Waals surface area contributed by atoms with E-state index < -0.39 is 5.60 Å². The first-order valence-corrected chi connectivity index (χ1v) is 8.45. The summed E-state index contributed by atoms with van der Waals surface area (Å²) in [5.41, 5.74) is 0.921. The van der Waals surface area contributed by atoms with Gasteiger partial charge < -0.3 is 10.0 Å². The first-order chi connectivity index (χ1) is 10.0. The van der Waals surface area contributed by atoms with E-state index in [1.54, 1.807) is 0 Å². The maximum Gasteiger partial charge on any atom is 0.0774 e. The van der Waals surface area contributed by atoms with Gasteiger partial charge in [-0.15, -0.1) is 0 Å². The molecule has 0 radical (unpaired) electrons. The standard InChI is InChI=1S/C17H29N3O/c1-14-3-6-17(21,7-4-14)13-20-8-5-15(12-20)9-16-10-18-19(2)11-16/h10-11,14-15,21H,3-9,12-13H2,1-2H3. The number of aliphatic hydroxyl groups is 1. The fraction of sp³-hybridized carbons (Fsp3) is 0.824. The molecule has 21 heavy (non-hydrogen) atoms. The molecule has 0 aromatic carbocycles. The minimum Gasteiger partial charge on any atom is -0.389 e. The lowest BCUT2D eigenvalue weighted by Gasteiger charge is -2.37. The number of rotatable bonds is 4. The maximum absolute atomic E-state index is 10.8. The molecular formula is C17H29N3O. The van der Waals surface area contributed by atoms with Crippen molar-refractivity contribution in [1.29, 1.82) is 0 Å². The third-order valence-electron chi connectivity index (χ3n) is 5.38. The van der Waals surface area contributed by atoms with Gasteiger partial charge in [-0.05, 0) is 62.5 Å². The van der Waals surface area contributed by atoms with Crippen molar-refractivity contribution >= 4 is 0 Å². The van der Waals surface area contributed by atoms with Gasteiger partial charge >= 0.3 is 0 Å². The zero-order chi connectivity index (χ0) is 14.9. The molecule has 1 unspecified atom stereocenters. The van der Waals surface area contributed by atoms with Gasteiger partial charge in [0.25, 0.3) is 0 Å². The van der Waals surface area contributed by atoms with Crippen LogP contribution in [0.15, 0.2) is 12.4 Å². The van der Waals surface area contributed by atoms with E-state index in [2.05, 4.69) is 23.1 Å². The van der Waals surface area contributed by atoms with Crippen molar-refractivity contribution < 1.29 is 5.11 Å². The van der Waals surface area contributed by atoms with Crippen molar-refractivity contribution in [3.05, 3.63) is 18.0 Å². The predicted octanol–water partition coefficient (Wildman–Crippen LogP) is 2.23. The molecule has 1 aliphatic carbocycles. The molecule has 2 heterocycles. The highest BCUT2D eigenvalue weighted by Crippen LogP contribution is 2.33. The lowest BCUT2D eigenvalue weighted by Crippen LogP contribution is -2.44. The molecule has 3 rings (SSSR count). The van der Waals surface area contributed by atoms with Crippen molar-refractivity contribution in [1.82, 2.24) is 14.7 Å². The Morgan fingerprint density at radius 2 is 2.10 bits per heavy atom. The zero-order valence-corrected chi connectivity index (χ0v) is 13.5. The van der Waals surface area contributed by atoms with Crippen molar-refractivity contribution in [3.63, 3.8) is 0 Å². The van der Waals surface area contributed by atoms with Crippen LogP contribution < -0.4 is 0 Å². The first kappa shape index (κ1) is 15.0. The van der Waals surface area contributed by atoms with E-state index in [0.29, 0.717) is 0 Å². The number of likely N-dealkylation sites (tertiary alicyclic amines) is 1. The summed E-state index contributed by atoms with van der Waals surface area (Å²) in [5.74, 6) is 1.52. The molecular weight excluding hydrogens is 262 g/mol. The smallest absolute Gasteiger partial charge is 0.0774 e. The third kappa shape index (κ3) is 3.86. The van der Waals surface area contributed by atoms with Crippen LogP contribution >= 0.6 is 0 Å². The number of β-amino-alcohol motifs (C(OH)–C–C–N with tert-alkyl or cyclic N) is 1. The summed E-state index contributed by atoms with van der Waals surface area (Å²) in [6.45, 7) is 5.46. The molecule has 2 fully saturated rings. The van der Waals surface area contributed by atoms with E-state index in [1.807, 2.05) is 17.9 Å². The fourth-order valence-corrected chi connectivity index (χ4v) is 4.01. The summed E-state index contributed by atoms with van der Waals surface area (Å²) in [4.78, 5) is 2.48. The quantitative estimate of drug-likeness (QED) is 0.925. The third-order valence-corrected chi connectivity index (χ3v) is 5.38. The molecule has 4 heteroatoms. The van der Waals surface area contributed by atoms with Gasteiger partial charge in [0, 0.05) is 26.3 Å². The van der Waals surface area contributed by atoms with Gasteiger partial charge in [-0.25, -0.2) is 0 Å². The van der Waals surface area contributed by atoms with Crippen LogP contribution in [0.4, 0.5) is 0 Å². The second kappa shape index (κ2) is 6.09. The molecule has 4 nitrogen and oxygen atoms in total. The highest BCUT2D eigenvalue weighted by Gasteiger charge is 2.35. The largest absolute Gasteiger partial charge is 0.389 e. The van der Waals surface area contributed by atoms with Gasteiger partial charge in [0.1, 0.15) is 0 Å². The van der Waals surface area contributed by atoms with Crippen LogP contribution in [-0.4, -0.2) is 45.0 Å². The predicted molar refractivity (Wildman–Crippen MR) is 84.0 cm³/mol. The van der Waals surface area contributed by atoms with Crippen LogP contribution in [0.25, 0.3) is 0 Å². The number of aromatic nitrogens is 2. The Hall–Kier alpha value is -0.870. The van der Waals surface area contributed by atoms with E-state index in [9.17, 15) is 5.11 Å². The molecule has 1 aromatic heterocycles. The van der Waals surface area contributed by atoms with E-state index in [1.165, 1.54) is 24.8 Å². The van der Waals surface area contributed by atoms with Gasteiger partial charge in [0.2, 0.25) is 0 Å². The van der Waals surface area contributed by atoms with Crippen molar-refractivity contribution in [3.8, 4) is 0 Å². The van der Waals surface area contributed by atoms with Gasteiger partial charge in [0.15, 0.2) is 0 Å². The first-order valence-electron chi connectivity index (χ1n) is 8.45. The molecule has 0 amide bonds. The van der Waals surface area contributed by atoms with E-state index in [0.717, 1.165) is 50.7 Å². The van der Waals surface area contributed by atoms with E-state index in [4.69, 9.17) is 0 Å². The Balaban J connectivity index is 1.48. The SMILES string of the molecule is CC1CCC(O)(CN2CCC(Cc3cnn(C)c3)C2)CC1. The summed E-state index contributed by atoms with van der Waals surface area (Å²) in [6.07, 6.45) is 10.8. The summed E-state index contributed by atoms with van der Waals surface area (Å²) in [6, 6.07) is 0. The van der Waals surface area contributed by atoms with Crippen LogP contribution in [0.3, 0.4) is 0 Å². The molecule has 2 aliphatic rings. The minimum absolute atomic E-state index is 0.421. The van der Waals surface area contributed by atoms with E-state index in [-0.39, 0.29) is 0 Å². The van der Waals surface area contributed by atoms with Crippen LogP contribution in [-0.2, 0) is 13.5 Å². The zero-order valence-electron chi connectivity index (χ0n) is 13.5. The molecule has 1 aliphatic heterocycles. The summed E-state index contributed by atoms with van der Waals surface area (Å²) in [5, 5.41) is 15.0. The lowest BCUT2D eigenvalue weighted by molar-refractivity contribution is -0.0312. The molecule has 0 spiro atoms. The maximum atomic E-state index is 10.8. The average molecular weight is 291 g/mol. The van der Waals surface area contributed by atoms with Crippen LogP contribution in [0, 0.1) is 11.8 Å². The number of nitrogens with zero attached hydrogens (tertiary/aromatic N) is 3. The summed E-state index contributed by atoms with van der Waals surface area (Å²) < 4.78 is 1.88. The number of hydrogen-bond donors (Lipinski definition) is 1. The highest BCUT2D eigenvalue weighted by atomic mass is 16.3. The number of hydrogen-bond acceptors (Lipinski definition) is 3. The van der Waals surface area contributed by atoms with Gasteiger partial charge in [-0.3, -0.25) is 4.68 Å². The summed E-state index contributed by atoms with van der Waals surface area (Å²) >= 11 is 0. The van der Waals surface area contributed by atoms with Crippen molar-refractivity contribution in [2.75, 3.05) is 19.6 Å². The lowest BCUT2D eigenvalue weighted by atomic mass is 9.79.